The summed E-state index contributed by atoms with van der Waals surface area (Å²) in [4.78, 5) is 9.57. The molecule has 0 saturated carbocycles. The first kappa shape index (κ1) is 20.5. The number of fused-ring (bicyclic) bond motifs is 1. The minimum atomic E-state index is 0.448. The monoisotopic (exact) mass is 423 g/mol. The molecule has 1 fully saturated rings. The van der Waals surface area contributed by atoms with E-state index in [9.17, 15) is 0 Å². The van der Waals surface area contributed by atoms with Gasteiger partial charge in [-0.2, -0.15) is 0 Å². The Morgan fingerprint density at radius 2 is 1.62 bits per heavy atom. The van der Waals surface area contributed by atoms with Crippen molar-refractivity contribution in [1.29, 1.82) is 0 Å². The molecule has 0 bridgehead atoms. The van der Waals surface area contributed by atoms with Crippen LogP contribution in [-0.2, 0) is 6.61 Å². The van der Waals surface area contributed by atoms with Crippen LogP contribution in [0.15, 0.2) is 78.9 Å². The lowest BCUT2D eigenvalue weighted by atomic mass is 10.1. The van der Waals surface area contributed by atoms with E-state index in [1.807, 2.05) is 13.0 Å². The lowest BCUT2D eigenvalue weighted by Gasteiger charge is -2.34. The fourth-order valence-corrected chi connectivity index (χ4v) is 4.41. The number of ether oxygens (including phenoxy) is 1. The van der Waals surface area contributed by atoms with E-state index in [1.54, 1.807) is 0 Å². The summed E-state index contributed by atoms with van der Waals surface area (Å²) >= 11 is 0. The Kier molecular flexibility index (Phi) is 5.78. The molecule has 3 aromatic carbocycles. The van der Waals surface area contributed by atoms with Gasteiger partial charge in [-0.25, -0.2) is 0 Å². The first-order valence-electron chi connectivity index (χ1n) is 11.3. The van der Waals surface area contributed by atoms with Crippen LogP contribution in [0.3, 0.4) is 0 Å². The normalized spacial score (nSPS) is 14.6. The van der Waals surface area contributed by atoms with Crippen LogP contribution in [0.1, 0.15) is 11.4 Å². The van der Waals surface area contributed by atoms with E-state index in [0.717, 1.165) is 43.3 Å². The second-order valence-electron chi connectivity index (χ2n) is 8.59. The molecule has 0 spiro atoms. The molecule has 4 heteroatoms. The van der Waals surface area contributed by atoms with E-state index in [2.05, 4.69) is 89.6 Å². The zero-order valence-corrected chi connectivity index (χ0v) is 18.8. The summed E-state index contributed by atoms with van der Waals surface area (Å²) in [6, 6.07) is 27.6. The van der Waals surface area contributed by atoms with E-state index in [4.69, 9.17) is 9.72 Å². The summed E-state index contributed by atoms with van der Waals surface area (Å²) < 4.78 is 6.22. The van der Waals surface area contributed by atoms with Crippen molar-refractivity contribution < 1.29 is 4.74 Å². The number of piperazine rings is 1. The fourth-order valence-electron chi connectivity index (χ4n) is 4.41. The van der Waals surface area contributed by atoms with Crippen molar-refractivity contribution in [1.82, 2.24) is 9.88 Å². The number of likely N-dealkylation sites (N-methyl/N-ethyl adjacent to an activating group) is 1. The minimum absolute atomic E-state index is 0.448. The van der Waals surface area contributed by atoms with Crippen LogP contribution in [-0.4, -0.2) is 43.1 Å². The van der Waals surface area contributed by atoms with Crippen molar-refractivity contribution in [2.24, 2.45) is 0 Å². The molecule has 1 aliphatic rings. The highest BCUT2D eigenvalue weighted by Gasteiger charge is 2.16. The van der Waals surface area contributed by atoms with Gasteiger partial charge in [0.25, 0.3) is 0 Å². The van der Waals surface area contributed by atoms with Crippen molar-refractivity contribution in [3.8, 4) is 16.9 Å². The molecule has 32 heavy (non-hydrogen) atoms. The third kappa shape index (κ3) is 4.46. The molecule has 0 N–H and O–H groups in total. The predicted molar refractivity (Wildman–Crippen MR) is 132 cm³/mol. The molecule has 1 aliphatic heterocycles. The van der Waals surface area contributed by atoms with Crippen LogP contribution in [0.25, 0.3) is 21.9 Å². The minimum Gasteiger partial charge on any atom is -0.487 e. The maximum atomic E-state index is 6.22. The van der Waals surface area contributed by atoms with E-state index in [0.29, 0.717) is 6.61 Å². The van der Waals surface area contributed by atoms with Crippen molar-refractivity contribution in [2.75, 3.05) is 38.1 Å². The fraction of sp³-hybridized carbons (Fsp3) is 0.250. The molecule has 0 radical (unpaired) electrons. The highest BCUT2D eigenvalue weighted by atomic mass is 16.5. The van der Waals surface area contributed by atoms with Crippen LogP contribution >= 0.6 is 0 Å². The molecule has 4 nitrogen and oxygen atoms in total. The Labute approximate surface area is 190 Å². The number of rotatable bonds is 5. The topological polar surface area (TPSA) is 28.6 Å². The predicted octanol–water partition coefficient (Wildman–Crippen LogP) is 5.54. The molecular weight excluding hydrogens is 394 g/mol. The van der Waals surface area contributed by atoms with Gasteiger partial charge in [-0.05, 0) is 60.8 Å². The van der Waals surface area contributed by atoms with Gasteiger partial charge in [0.1, 0.15) is 12.4 Å². The second-order valence-corrected chi connectivity index (χ2v) is 8.59. The molecule has 1 aromatic heterocycles. The summed E-state index contributed by atoms with van der Waals surface area (Å²) in [6.45, 7) is 6.77. The lowest BCUT2D eigenvalue weighted by Crippen LogP contribution is -2.44. The van der Waals surface area contributed by atoms with E-state index < -0.39 is 0 Å². The molecule has 5 rings (SSSR count). The van der Waals surface area contributed by atoms with Gasteiger partial charge in [0.15, 0.2) is 0 Å². The lowest BCUT2D eigenvalue weighted by molar-refractivity contribution is 0.301. The van der Waals surface area contributed by atoms with Gasteiger partial charge >= 0.3 is 0 Å². The van der Waals surface area contributed by atoms with Gasteiger partial charge < -0.3 is 14.5 Å². The van der Waals surface area contributed by atoms with Crippen molar-refractivity contribution >= 4 is 16.5 Å². The van der Waals surface area contributed by atoms with E-state index in [-0.39, 0.29) is 0 Å². The number of aryl methyl sites for hydroxylation is 1. The summed E-state index contributed by atoms with van der Waals surface area (Å²) in [7, 11) is 2.19. The first-order valence-corrected chi connectivity index (χ1v) is 11.3. The molecule has 0 unspecified atom stereocenters. The second kappa shape index (κ2) is 9.01. The molecule has 0 amide bonds. The van der Waals surface area contributed by atoms with Gasteiger partial charge in [-0.3, -0.25) is 4.98 Å². The Bertz CT molecular complexity index is 1210. The van der Waals surface area contributed by atoms with Crippen molar-refractivity contribution in [2.45, 2.75) is 13.5 Å². The van der Waals surface area contributed by atoms with Crippen LogP contribution in [0.5, 0.6) is 5.75 Å². The number of pyridine rings is 1. The van der Waals surface area contributed by atoms with Crippen LogP contribution in [0.2, 0.25) is 0 Å². The molecule has 0 atom stereocenters. The Morgan fingerprint density at radius 1 is 0.812 bits per heavy atom. The van der Waals surface area contributed by atoms with Crippen LogP contribution in [0, 0.1) is 6.92 Å². The zero-order chi connectivity index (χ0) is 21.9. The highest BCUT2D eigenvalue weighted by molar-refractivity contribution is 5.95. The Hall–Kier alpha value is -3.37. The number of benzene rings is 3. The third-order valence-corrected chi connectivity index (χ3v) is 6.17. The summed E-state index contributed by atoms with van der Waals surface area (Å²) in [5, 5.41) is 2.49. The molecule has 4 aromatic rings. The smallest absolute Gasteiger partial charge is 0.130 e. The Morgan fingerprint density at radius 3 is 2.44 bits per heavy atom. The number of hydrogen-bond donors (Lipinski definition) is 0. The molecule has 2 heterocycles. The molecule has 1 saturated heterocycles. The number of nitrogens with zero attached hydrogens (tertiary/aromatic N) is 3. The largest absolute Gasteiger partial charge is 0.487 e. The first-order chi connectivity index (χ1) is 15.7. The molecule has 162 valence electrons. The van der Waals surface area contributed by atoms with Crippen molar-refractivity contribution in [3.05, 3.63) is 90.3 Å². The van der Waals surface area contributed by atoms with E-state index in [1.165, 1.54) is 27.6 Å². The van der Waals surface area contributed by atoms with Gasteiger partial charge in [0, 0.05) is 42.9 Å². The van der Waals surface area contributed by atoms with E-state index >= 15 is 0 Å². The maximum absolute atomic E-state index is 6.22. The summed E-state index contributed by atoms with van der Waals surface area (Å²) in [5.74, 6) is 0.878. The molecule has 0 aliphatic carbocycles. The average molecular weight is 424 g/mol. The van der Waals surface area contributed by atoms with Gasteiger partial charge in [0.2, 0.25) is 0 Å². The van der Waals surface area contributed by atoms with Gasteiger partial charge in [-0.1, -0.05) is 48.5 Å². The summed E-state index contributed by atoms with van der Waals surface area (Å²) in [6.07, 6.45) is 0. The standard InChI is InChI=1S/C28H29N3O/c1-21-17-24(22-7-4-3-5-8-22)18-25(29-21)20-32-26-12-11-23-9-6-10-28(27(23)19-26)31-15-13-30(2)14-16-31/h3-12,17-19H,13-16,20H2,1-2H3. The van der Waals surface area contributed by atoms with Gasteiger partial charge in [0.05, 0.1) is 5.69 Å². The molecular formula is C28H29N3O. The number of hydrogen-bond acceptors (Lipinski definition) is 4. The van der Waals surface area contributed by atoms with Crippen LogP contribution < -0.4 is 9.64 Å². The van der Waals surface area contributed by atoms with Gasteiger partial charge in [-0.15, -0.1) is 0 Å². The zero-order valence-electron chi connectivity index (χ0n) is 18.8. The average Bonchev–Trinajstić information content (AvgIpc) is 2.83. The van der Waals surface area contributed by atoms with Crippen LogP contribution in [0.4, 0.5) is 5.69 Å². The van der Waals surface area contributed by atoms with Crippen molar-refractivity contribution in [3.63, 3.8) is 0 Å². The SMILES string of the molecule is Cc1cc(-c2ccccc2)cc(COc2ccc3cccc(N4CCN(C)CC4)c3c2)n1. The highest BCUT2D eigenvalue weighted by Crippen LogP contribution is 2.31. The summed E-state index contributed by atoms with van der Waals surface area (Å²) in [5.41, 5.74) is 5.60. The number of aromatic nitrogens is 1. The maximum Gasteiger partial charge on any atom is 0.130 e. The quantitative estimate of drug-likeness (QED) is 0.421. The Balaban J connectivity index is 1.38. The third-order valence-electron chi connectivity index (χ3n) is 6.17. The number of anilines is 1.